The molecule has 1 amide bonds. The second-order valence-electron chi connectivity index (χ2n) is 3.83. The summed E-state index contributed by atoms with van der Waals surface area (Å²) in [5, 5.41) is 1.90. The summed E-state index contributed by atoms with van der Waals surface area (Å²) in [6, 6.07) is 5.31. The van der Waals surface area contributed by atoms with Crippen LogP contribution in [0.3, 0.4) is 0 Å². The zero-order valence-corrected chi connectivity index (χ0v) is 12.0. The predicted molar refractivity (Wildman–Crippen MR) is 73.4 cm³/mol. The van der Waals surface area contributed by atoms with Crippen LogP contribution in [0.15, 0.2) is 34.8 Å². The number of benzene rings is 2. The molecule has 2 rings (SSSR count). The molecular weight excluding hydrogens is 359 g/mol. The lowest BCUT2D eigenvalue weighted by atomic mass is 10.2. The van der Waals surface area contributed by atoms with E-state index in [-0.39, 0.29) is 15.1 Å². The molecule has 7 heteroatoms. The van der Waals surface area contributed by atoms with E-state index in [2.05, 4.69) is 15.9 Å². The van der Waals surface area contributed by atoms with E-state index in [9.17, 15) is 18.0 Å². The molecule has 0 spiro atoms. The van der Waals surface area contributed by atoms with E-state index in [4.69, 9.17) is 11.6 Å². The molecule has 0 fully saturated rings. The van der Waals surface area contributed by atoms with Gasteiger partial charge in [-0.1, -0.05) is 27.5 Å². The molecule has 2 aromatic carbocycles. The van der Waals surface area contributed by atoms with E-state index in [0.717, 1.165) is 18.2 Å². The van der Waals surface area contributed by atoms with Gasteiger partial charge in [0.2, 0.25) is 0 Å². The van der Waals surface area contributed by atoms with Gasteiger partial charge >= 0.3 is 0 Å². The molecule has 2 aromatic rings. The fourth-order valence-electron chi connectivity index (χ4n) is 1.48. The molecule has 2 nitrogen and oxygen atoms in total. The van der Waals surface area contributed by atoms with Crippen LogP contribution >= 0.6 is 27.5 Å². The lowest BCUT2D eigenvalue weighted by Gasteiger charge is -2.08. The highest BCUT2D eigenvalue weighted by atomic mass is 79.9. The first kappa shape index (κ1) is 14.9. The molecule has 1 N–H and O–H groups in total. The van der Waals surface area contributed by atoms with Crippen molar-refractivity contribution >= 4 is 39.1 Å². The molecule has 0 bridgehead atoms. The van der Waals surface area contributed by atoms with Crippen molar-refractivity contribution in [3.05, 3.63) is 62.8 Å². The van der Waals surface area contributed by atoms with Gasteiger partial charge in [-0.3, -0.25) is 4.79 Å². The number of anilines is 1. The monoisotopic (exact) mass is 363 g/mol. The maximum Gasteiger partial charge on any atom is 0.255 e. The van der Waals surface area contributed by atoms with Crippen molar-refractivity contribution in [3.8, 4) is 0 Å². The molecule has 0 saturated carbocycles. The Morgan fingerprint density at radius 1 is 1.05 bits per heavy atom. The van der Waals surface area contributed by atoms with Crippen LogP contribution in [0, 0.1) is 17.5 Å². The Bertz CT molecular complexity index is 670. The summed E-state index contributed by atoms with van der Waals surface area (Å²) >= 11 is 8.40. The Morgan fingerprint density at radius 3 is 2.20 bits per heavy atom. The predicted octanol–water partition coefficient (Wildman–Crippen LogP) is 4.77. The van der Waals surface area contributed by atoms with Crippen LogP contribution in [-0.4, -0.2) is 5.91 Å². The Morgan fingerprint density at radius 2 is 1.65 bits per heavy atom. The standard InChI is InChI=1S/C13H6BrClF3NO/c14-7-4-10(17)12(11(18)5-7)19-13(20)6-1-2-8(15)9(16)3-6/h1-5H,(H,19,20). The van der Waals surface area contributed by atoms with Crippen LogP contribution in [-0.2, 0) is 0 Å². The van der Waals surface area contributed by atoms with Crippen LogP contribution in [0.2, 0.25) is 5.02 Å². The quantitative estimate of drug-likeness (QED) is 0.817. The molecule has 20 heavy (non-hydrogen) atoms. The van der Waals surface area contributed by atoms with Gasteiger partial charge in [-0.25, -0.2) is 13.2 Å². The van der Waals surface area contributed by atoms with Crippen molar-refractivity contribution in [2.45, 2.75) is 0 Å². The van der Waals surface area contributed by atoms with Crippen molar-refractivity contribution in [3.63, 3.8) is 0 Å². The molecule has 104 valence electrons. The number of halogens is 5. The third-order valence-electron chi connectivity index (χ3n) is 2.43. The average Bonchev–Trinajstić information content (AvgIpc) is 2.36. The molecule has 0 radical (unpaired) electrons. The lowest BCUT2D eigenvalue weighted by Crippen LogP contribution is -2.14. The largest absolute Gasteiger partial charge is 0.317 e. The summed E-state index contributed by atoms with van der Waals surface area (Å²) in [5.74, 6) is -3.53. The van der Waals surface area contributed by atoms with Gasteiger partial charge in [0.25, 0.3) is 5.91 Å². The van der Waals surface area contributed by atoms with Gasteiger partial charge in [0.05, 0.1) is 5.02 Å². The highest BCUT2D eigenvalue weighted by molar-refractivity contribution is 9.10. The summed E-state index contributed by atoms with van der Waals surface area (Å²) in [5.41, 5.74) is -0.706. The summed E-state index contributed by atoms with van der Waals surface area (Å²) in [4.78, 5) is 11.8. The highest BCUT2D eigenvalue weighted by Gasteiger charge is 2.15. The van der Waals surface area contributed by atoms with Crippen molar-refractivity contribution in [1.82, 2.24) is 0 Å². The maximum atomic E-state index is 13.6. The van der Waals surface area contributed by atoms with E-state index in [1.165, 1.54) is 12.1 Å². The summed E-state index contributed by atoms with van der Waals surface area (Å²) in [6.45, 7) is 0. The van der Waals surface area contributed by atoms with Crippen LogP contribution in [0.5, 0.6) is 0 Å². The van der Waals surface area contributed by atoms with Gasteiger partial charge in [-0.2, -0.15) is 0 Å². The fourth-order valence-corrected chi connectivity index (χ4v) is 2.00. The molecule has 0 saturated heterocycles. The zero-order chi connectivity index (χ0) is 14.9. The Hall–Kier alpha value is -1.53. The molecule has 0 unspecified atom stereocenters. The smallest absolute Gasteiger partial charge is 0.255 e. The maximum absolute atomic E-state index is 13.6. The molecule has 0 heterocycles. The number of amides is 1. The average molecular weight is 365 g/mol. The van der Waals surface area contributed by atoms with Crippen LogP contribution in [0.4, 0.5) is 18.9 Å². The molecular formula is C13H6BrClF3NO. The zero-order valence-electron chi connectivity index (χ0n) is 9.68. The van der Waals surface area contributed by atoms with E-state index in [1.54, 1.807) is 0 Å². The normalized spacial score (nSPS) is 10.4. The number of carbonyl (C=O) groups is 1. The van der Waals surface area contributed by atoms with Crippen LogP contribution in [0.1, 0.15) is 10.4 Å². The van der Waals surface area contributed by atoms with E-state index in [0.29, 0.717) is 0 Å². The first-order chi connectivity index (χ1) is 9.38. The van der Waals surface area contributed by atoms with Crippen molar-refractivity contribution < 1.29 is 18.0 Å². The van der Waals surface area contributed by atoms with Crippen molar-refractivity contribution in [2.75, 3.05) is 5.32 Å². The van der Waals surface area contributed by atoms with Crippen molar-refractivity contribution in [1.29, 1.82) is 0 Å². The number of hydrogen-bond donors (Lipinski definition) is 1. The first-order valence-electron chi connectivity index (χ1n) is 5.29. The minimum Gasteiger partial charge on any atom is -0.317 e. The van der Waals surface area contributed by atoms with Gasteiger partial charge in [0, 0.05) is 10.0 Å². The minimum atomic E-state index is -0.945. The van der Waals surface area contributed by atoms with Gasteiger partial charge < -0.3 is 5.32 Å². The van der Waals surface area contributed by atoms with E-state index >= 15 is 0 Å². The number of rotatable bonds is 2. The van der Waals surface area contributed by atoms with Gasteiger partial charge in [-0.05, 0) is 30.3 Å². The molecule has 0 atom stereocenters. The minimum absolute atomic E-state index is 0.103. The topological polar surface area (TPSA) is 29.1 Å². The van der Waals surface area contributed by atoms with Gasteiger partial charge in [-0.15, -0.1) is 0 Å². The number of nitrogens with one attached hydrogen (secondary N) is 1. The fraction of sp³-hybridized carbons (Fsp3) is 0. The Kier molecular flexibility index (Phi) is 4.35. The second-order valence-corrected chi connectivity index (χ2v) is 5.15. The third kappa shape index (κ3) is 3.13. The molecule has 0 aliphatic carbocycles. The molecule has 0 aromatic heterocycles. The molecule has 0 aliphatic rings. The summed E-state index contributed by atoms with van der Waals surface area (Å²) < 4.78 is 40.5. The Labute approximate surface area is 125 Å². The third-order valence-corrected chi connectivity index (χ3v) is 3.19. The second kappa shape index (κ2) is 5.85. The van der Waals surface area contributed by atoms with Crippen LogP contribution in [0.25, 0.3) is 0 Å². The SMILES string of the molecule is O=C(Nc1c(F)cc(Br)cc1F)c1ccc(Cl)c(F)c1. The van der Waals surface area contributed by atoms with Gasteiger partial charge in [0.1, 0.15) is 11.5 Å². The number of hydrogen-bond acceptors (Lipinski definition) is 1. The van der Waals surface area contributed by atoms with Crippen molar-refractivity contribution in [2.24, 2.45) is 0 Å². The summed E-state index contributed by atoms with van der Waals surface area (Å²) in [6.07, 6.45) is 0. The van der Waals surface area contributed by atoms with Gasteiger partial charge in [0.15, 0.2) is 11.6 Å². The lowest BCUT2D eigenvalue weighted by molar-refractivity contribution is 0.102. The Balaban J connectivity index is 2.30. The first-order valence-corrected chi connectivity index (χ1v) is 6.46. The highest BCUT2D eigenvalue weighted by Crippen LogP contribution is 2.24. The van der Waals surface area contributed by atoms with E-state index in [1.807, 2.05) is 5.32 Å². The number of carbonyl (C=O) groups excluding carboxylic acids is 1. The van der Waals surface area contributed by atoms with Crippen LogP contribution < -0.4 is 5.32 Å². The molecule has 0 aliphatic heterocycles. The summed E-state index contributed by atoms with van der Waals surface area (Å²) in [7, 11) is 0. The van der Waals surface area contributed by atoms with E-state index < -0.39 is 29.0 Å².